The summed E-state index contributed by atoms with van der Waals surface area (Å²) in [6, 6.07) is 12.4. The average molecular weight is 287 g/mol. The highest BCUT2D eigenvalue weighted by molar-refractivity contribution is 6.16. The Kier molecular flexibility index (Phi) is 3.61. The van der Waals surface area contributed by atoms with Crippen molar-refractivity contribution >= 4 is 22.4 Å². The number of imidazole rings is 1. The summed E-state index contributed by atoms with van der Waals surface area (Å²) in [6.07, 6.45) is 2.54. The molecule has 0 bridgehead atoms. The van der Waals surface area contributed by atoms with Crippen LogP contribution in [0.15, 0.2) is 42.6 Å². The smallest absolute Gasteiger partial charge is 0.119 e. The van der Waals surface area contributed by atoms with E-state index < -0.39 is 0 Å². The number of nitrogens with one attached hydrogen (secondary N) is 1. The van der Waals surface area contributed by atoms with Crippen LogP contribution in [0.1, 0.15) is 17.1 Å². The van der Waals surface area contributed by atoms with Gasteiger partial charge in [0.2, 0.25) is 0 Å². The van der Waals surface area contributed by atoms with Gasteiger partial charge in [-0.25, -0.2) is 4.98 Å². The normalized spacial score (nSPS) is 10.9. The summed E-state index contributed by atoms with van der Waals surface area (Å²) in [5.41, 5.74) is 2.16. The van der Waals surface area contributed by atoms with E-state index >= 15 is 0 Å². The number of fused-ring (bicyclic) bond motifs is 1. The summed E-state index contributed by atoms with van der Waals surface area (Å²) in [7, 11) is 1.68. The van der Waals surface area contributed by atoms with Gasteiger partial charge in [-0.1, -0.05) is 24.3 Å². The zero-order valence-corrected chi connectivity index (χ0v) is 11.9. The third-order valence-corrected chi connectivity index (χ3v) is 3.65. The molecule has 0 spiro atoms. The van der Waals surface area contributed by atoms with E-state index in [2.05, 4.69) is 40.3 Å². The molecule has 0 radical (unpaired) electrons. The summed E-state index contributed by atoms with van der Waals surface area (Å²) >= 11 is 5.79. The van der Waals surface area contributed by atoms with Crippen molar-refractivity contribution in [3.8, 4) is 5.75 Å². The van der Waals surface area contributed by atoms with Gasteiger partial charge in [0, 0.05) is 18.3 Å². The maximum absolute atomic E-state index is 5.79. The number of ether oxygens (including phenoxy) is 1. The number of aromatic amines is 1. The monoisotopic (exact) mass is 286 g/mol. The molecule has 1 N–H and O–H groups in total. The SMILES string of the molecule is COc1ccc2cccc(Cc3ncc(CCl)[nH]3)c2c1. The van der Waals surface area contributed by atoms with Gasteiger partial charge in [0.1, 0.15) is 11.6 Å². The van der Waals surface area contributed by atoms with Crippen LogP contribution in [-0.4, -0.2) is 17.1 Å². The van der Waals surface area contributed by atoms with Crippen molar-refractivity contribution in [2.24, 2.45) is 0 Å². The topological polar surface area (TPSA) is 37.9 Å². The van der Waals surface area contributed by atoms with Crippen LogP contribution in [0.2, 0.25) is 0 Å². The molecule has 1 aromatic heterocycles. The number of alkyl halides is 1. The van der Waals surface area contributed by atoms with Crippen LogP contribution in [0, 0.1) is 0 Å². The Morgan fingerprint density at radius 3 is 2.90 bits per heavy atom. The Balaban J connectivity index is 2.01. The minimum Gasteiger partial charge on any atom is -0.497 e. The molecular formula is C16H15ClN2O. The minimum atomic E-state index is 0.455. The van der Waals surface area contributed by atoms with Crippen LogP contribution in [0.25, 0.3) is 10.8 Å². The number of rotatable bonds is 4. The molecule has 0 fully saturated rings. The molecule has 3 nitrogen and oxygen atoms in total. The number of hydrogen-bond acceptors (Lipinski definition) is 2. The molecular weight excluding hydrogens is 272 g/mol. The molecule has 3 rings (SSSR count). The number of halogens is 1. The molecule has 2 aromatic carbocycles. The third kappa shape index (κ3) is 2.49. The van der Waals surface area contributed by atoms with Crippen LogP contribution >= 0.6 is 11.6 Å². The van der Waals surface area contributed by atoms with Crippen LogP contribution in [-0.2, 0) is 12.3 Å². The van der Waals surface area contributed by atoms with Gasteiger partial charge in [-0.15, -0.1) is 11.6 Å². The minimum absolute atomic E-state index is 0.455. The molecule has 0 saturated carbocycles. The Labute approximate surface area is 122 Å². The average Bonchev–Trinajstić information content (AvgIpc) is 2.95. The van der Waals surface area contributed by atoms with Crippen molar-refractivity contribution in [2.75, 3.05) is 7.11 Å². The lowest BCUT2D eigenvalue weighted by atomic mass is 10.0. The van der Waals surface area contributed by atoms with Crippen molar-refractivity contribution in [3.63, 3.8) is 0 Å². The van der Waals surface area contributed by atoms with Gasteiger partial charge in [-0.05, 0) is 28.5 Å². The highest BCUT2D eigenvalue weighted by atomic mass is 35.5. The number of benzene rings is 2. The highest BCUT2D eigenvalue weighted by Gasteiger charge is 2.06. The van der Waals surface area contributed by atoms with E-state index in [0.717, 1.165) is 23.7 Å². The molecule has 1 heterocycles. The van der Waals surface area contributed by atoms with Gasteiger partial charge < -0.3 is 9.72 Å². The van der Waals surface area contributed by atoms with E-state index in [-0.39, 0.29) is 0 Å². The molecule has 0 aliphatic rings. The highest BCUT2D eigenvalue weighted by Crippen LogP contribution is 2.25. The van der Waals surface area contributed by atoms with E-state index in [1.165, 1.54) is 16.3 Å². The number of methoxy groups -OCH3 is 1. The van der Waals surface area contributed by atoms with Crippen molar-refractivity contribution in [3.05, 3.63) is 59.7 Å². The summed E-state index contributed by atoms with van der Waals surface area (Å²) in [4.78, 5) is 7.59. The van der Waals surface area contributed by atoms with Gasteiger partial charge in [0.15, 0.2) is 0 Å². The fourth-order valence-corrected chi connectivity index (χ4v) is 2.48. The van der Waals surface area contributed by atoms with E-state index in [1.807, 2.05) is 6.07 Å². The summed E-state index contributed by atoms with van der Waals surface area (Å²) in [6.45, 7) is 0. The molecule has 0 saturated heterocycles. The first-order valence-corrected chi connectivity index (χ1v) is 6.98. The molecule has 20 heavy (non-hydrogen) atoms. The first kappa shape index (κ1) is 13.0. The van der Waals surface area contributed by atoms with Gasteiger partial charge in [0.05, 0.1) is 13.0 Å². The number of hydrogen-bond donors (Lipinski definition) is 1. The number of aromatic nitrogens is 2. The molecule has 0 unspecified atom stereocenters. The van der Waals surface area contributed by atoms with Crippen LogP contribution in [0.4, 0.5) is 0 Å². The standard InChI is InChI=1S/C16H15ClN2O/c1-20-14-6-5-11-3-2-4-12(15(11)8-14)7-16-18-10-13(9-17)19-16/h2-6,8,10H,7,9H2,1H3,(H,18,19). The Hall–Kier alpha value is -2.00. The van der Waals surface area contributed by atoms with E-state index in [4.69, 9.17) is 16.3 Å². The lowest BCUT2D eigenvalue weighted by Gasteiger charge is -2.07. The van der Waals surface area contributed by atoms with Crippen molar-refractivity contribution < 1.29 is 4.74 Å². The van der Waals surface area contributed by atoms with E-state index in [9.17, 15) is 0 Å². The molecule has 4 heteroatoms. The molecule has 0 aliphatic heterocycles. The lowest BCUT2D eigenvalue weighted by Crippen LogP contribution is -1.93. The quantitative estimate of drug-likeness (QED) is 0.739. The summed E-state index contributed by atoms with van der Waals surface area (Å²) < 4.78 is 5.31. The van der Waals surface area contributed by atoms with Crippen LogP contribution in [0.3, 0.4) is 0 Å². The van der Waals surface area contributed by atoms with Gasteiger partial charge in [-0.3, -0.25) is 0 Å². The van der Waals surface area contributed by atoms with Gasteiger partial charge >= 0.3 is 0 Å². The first-order valence-electron chi connectivity index (χ1n) is 6.44. The van der Waals surface area contributed by atoms with Crippen LogP contribution in [0.5, 0.6) is 5.75 Å². The molecule has 3 aromatic rings. The second-order valence-corrected chi connectivity index (χ2v) is 4.94. The fraction of sp³-hybridized carbons (Fsp3) is 0.188. The molecule has 102 valence electrons. The zero-order chi connectivity index (χ0) is 13.9. The maximum Gasteiger partial charge on any atom is 0.119 e. The van der Waals surface area contributed by atoms with Crippen LogP contribution < -0.4 is 4.74 Å². The van der Waals surface area contributed by atoms with E-state index in [1.54, 1.807) is 13.3 Å². The first-order chi connectivity index (χ1) is 9.80. The predicted molar refractivity (Wildman–Crippen MR) is 81.5 cm³/mol. The second kappa shape index (κ2) is 5.55. The summed E-state index contributed by atoms with van der Waals surface area (Å²) in [5, 5.41) is 2.39. The summed E-state index contributed by atoms with van der Waals surface area (Å²) in [5.74, 6) is 2.25. The van der Waals surface area contributed by atoms with Crippen molar-refractivity contribution in [1.29, 1.82) is 0 Å². The van der Waals surface area contributed by atoms with E-state index in [0.29, 0.717) is 5.88 Å². The number of H-pyrrole nitrogens is 1. The Bertz CT molecular complexity index is 736. The maximum atomic E-state index is 5.79. The fourth-order valence-electron chi connectivity index (χ4n) is 2.34. The third-order valence-electron chi connectivity index (χ3n) is 3.36. The van der Waals surface area contributed by atoms with Gasteiger partial charge in [-0.2, -0.15) is 0 Å². The molecule has 0 atom stereocenters. The Morgan fingerprint density at radius 1 is 1.25 bits per heavy atom. The molecule has 0 amide bonds. The number of nitrogens with zero attached hydrogens (tertiary/aromatic N) is 1. The predicted octanol–water partition coefficient (Wildman–Crippen LogP) is 3.90. The second-order valence-electron chi connectivity index (χ2n) is 4.67. The molecule has 0 aliphatic carbocycles. The Morgan fingerprint density at radius 2 is 2.15 bits per heavy atom. The lowest BCUT2D eigenvalue weighted by molar-refractivity contribution is 0.415. The largest absolute Gasteiger partial charge is 0.497 e. The van der Waals surface area contributed by atoms with Crippen molar-refractivity contribution in [2.45, 2.75) is 12.3 Å². The van der Waals surface area contributed by atoms with Crippen molar-refractivity contribution in [1.82, 2.24) is 9.97 Å². The zero-order valence-electron chi connectivity index (χ0n) is 11.2. The van der Waals surface area contributed by atoms with Gasteiger partial charge in [0.25, 0.3) is 0 Å².